The van der Waals surface area contributed by atoms with Crippen LogP contribution in [0.3, 0.4) is 0 Å². The SMILES string of the molecule is CCn1cc(CN2CCC(c3nnc(CN4CCCC4)n3C)CC2)cn1. The Morgan fingerprint density at radius 1 is 1.00 bits per heavy atom. The summed E-state index contributed by atoms with van der Waals surface area (Å²) in [4.78, 5) is 5.03. The number of aryl methyl sites for hydroxylation is 1. The van der Waals surface area contributed by atoms with Crippen LogP contribution < -0.4 is 0 Å². The van der Waals surface area contributed by atoms with Crippen molar-refractivity contribution >= 4 is 0 Å². The minimum atomic E-state index is 0.537. The van der Waals surface area contributed by atoms with Crippen molar-refractivity contribution in [2.45, 2.75) is 58.2 Å². The van der Waals surface area contributed by atoms with Gasteiger partial charge in [0.05, 0.1) is 12.7 Å². The number of nitrogens with zero attached hydrogens (tertiary/aromatic N) is 7. The second-order valence-electron chi connectivity index (χ2n) is 7.77. The van der Waals surface area contributed by atoms with Crippen LogP contribution in [0.25, 0.3) is 0 Å². The first-order valence-corrected chi connectivity index (χ1v) is 10.1. The number of likely N-dealkylation sites (tertiary alicyclic amines) is 2. The van der Waals surface area contributed by atoms with E-state index in [-0.39, 0.29) is 0 Å². The maximum absolute atomic E-state index is 4.56. The van der Waals surface area contributed by atoms with Gasteiger partial charge in [0.1, 0.15) is 11.6 Å². The van der Waals surface area contributed by atoms with Gasteiger partial charge < -0.3 is 4.57 Å². The van der Waals surface area contributed by atoms with Gasteiger partial charge in [-0.2, -0.15) is 5.10 Å². The highest BCUT2D eigenvalue weighted by Gasteiger charge is 2.26. The summed E-state index contributed by atoms with van der Waals surface area (Å²) >= 11 is 0. The summed E-state index contributed by atoms with van der Waals surface area (Å²) in [7, 11) is 2.15. The maximum atomic E-state index is 4.56. The van der Waals surface area contributed by atoms with Crippen molar-refractivity contribution in [2.75, 3.05) is 26.2 Å². The van der Waals surface area contributed by atoms with Gasteiger partial charge in [0.25, 0.3) is 0 Å². The van der Waals surface area contributed by atoms with E-state index in [0.29, 0.717) is 5.92 Å². The first-order valence-electron chi connectivity index (χ1n) is 10.1. The molecule has 4 heterocycles. The standard InChI is InChI=1S/C19H31N7/c1-3-26-14-16(12-20-26)13-25-10-6-17(7-11-25)19-22-21-18(23(19)2)15-24-8-4-5-9-24/h12,14,17H,3-11,13,15H2,1-2H3. The minimum absolute atomic E-state index is 0.537. The molecule has 0 atom stereocenters. The van der Waals surface area contributed by atoms with Crippen molar-refractivity contribution in [1.29, 1.82) is 0 Å². The summed E-state index contributed by atoms with van der Waals surface area (Å²) in [6.07, 6.45) is 9.14. The molecule has 2 saturated heterocycles. The van der Waals surface area contributed by atoms with Crippen molar-refractivity contribution < 1.29 is 0 Å². The molecule has 0 saturated carbocycles. The molecule has 2 aromatic rings. The maximum Gasteiger partial charge on any atom is 0.146 e. The van der Waals surface area contributed by atoms with Crippen LogP contribution in [0.5, 0.6) is 0 Å². The summed E-state index contributed by atoms with van der Waals surface area (Å²) in [6, 6.07) is 0. The Hall–Kier alpha value is -1.73. The second-order valence-corrected chi connectivity index (χ2v) is 7.77. The molecule has 26 heavy (non-hydrogen) atoms. The van der Waals surface area contributed by atoms with E-state index in [1.807, 2.05) is 10.9 Å². The number of hydrogen-bond donors (Lipinski definition) is 0. The van der Waals surface area contributed by atoms with E-state index in [0.717, 1.165) is 51.4 Å². The number of aromatic nitrogens is 5. The third-order valence-electron chi connectivity index (χ3n) is 5.93. The smallest absolute Gasteiger partial charge is 0.146 e. The summed E-state index contributed by atoms with van der Waals surface area (Å²) in [5, 5.41) is 13.4. The van der Waals surface area contributed by atoms with Gasteiger partial charge in [0, 0.05) is 37.8 Å². The van der Waals surface area contributed by atoms with Crippen molar-refractivity contribution in [3.8, 4) is 0 Å². The molecule has 0 radical (unpaired) electrons. The fourth-order valence-corrected chi connectivity index (χ4v) is 4.28. The summed E-state index contributed by atoms with van der Waals surface area (Å²) in [6.45, 7) is 9.67. The highest BCUT2D eigenvalue weighted by molar-refractivity contribution is 5.06. The van der Waals surface area contributed by atoms with E-state index in [4.69, 9.17) is 0 Å². The first-order chi connectivity index (χ1) is 12.7. The Labute approximate surface area is 156 Å². The largest absolute Gasteiger partial charge is 0.317 e. The van der Waals surface area contributed by atoms with Gasteiger partial charge in [0.15, 0.2) is 0 Å². The van der Waals surface area contributed by atoms with E-state index in [9.17, 15) is 0 Å². The number of rotatable bonds is 6. The predicted molar refractivity (Wildman–Crippen MR) is 101 cm³/mol. The Morgan fingerprint density at radius 3 is 2.42 bits per heavy atom. The first kappa shape index (κ1) is 17.7. The van der Waals surface area contributed by atoms with Crippen LogP contribution in [0.15, 0.2) is 12.4 Å². The van der Waals surface area contributed by atoms with Crippen molar-refractivity contribution in [3.63, 3.8) is 0 Å². The summed E-state index contributed by atoms with van der Waals surface area (Å²) in [5.74, 6) is 2.84. The van der Waals surface area contributed by atoms with Gasteiger partial charge in [0.2, 0.25) is 0 Å². The number of piperidine rings is 1. The van der Waals surface area contributed by atoms with E-state index in [2.05, 4.69) is 49.8 Å². The normalized spacial score (nSPS) is 20.2. The molecule has 4 rings (SSSR count). The van der Waals surface area contributed by atoms with Crippen LogP contribution in [0.1, 0.15) is 55.7 Å². The molecule has 0 aliphatic carbocycles. The zero-order valence-electron chi connectivity index (χ0n) is 16.1. The van der Waals surface area contributed by atoms with Crippen LogP contribution >= 0.6 is 0 Å². The Kier molecular flexibility index (Phi) is 5.36. The molecule has 2 aliphatic rings. The van der Waals surface area contributed by atoms with Crippen LogP contribution in [0, 0.1) is 0 Å². The molecular formula is C19H31N7. The molecule has 0 N–H and O–H groups in total. The lowest BCUT2D eigenvalue weighted by Gasteiger charge is -2.31. The van der Waals surface area contributed by atoms with Gasteiger partial charge in [-0.25, -0.2) is 0 Å². The molecule has 142 valence electrons. The van der Waals surface area contributed by atoms with Gasteiger partial charge in [-0.15, -0.1) is 10.2 Å². The molecule has 7 nitrogen and oxygen atoms in total. The molecule has 0 bridgehead atoms. The lowest BCUT2D eigenvalue weighted by molar-refractivity contribution is 0.200. The summed E-state index contributed by atoms with van der Waals surface area (Å²) in [5.41, 5.74) is 1.32. The highest BCUT2D eigenvalue weighted by atomic mass is 15.3. The molecule has 0 unspecified atom stereocenters. The van der Waals surface area contributed by atoms with Crippen LogP contribution in [-0.2, 0) is 26.7 Å². The van der Waals surface area contributed by atoms with E-state index >= 15 is 0 Å². The second kappa shape index (κ2) is 7.88. The van der Waals surface area contributed by atoms with E-state index in [1.165, 1.54) is 37.3 Å². The lowest BCUT2D eigenvalue weighted by Crippen LogP contribution is -2.33. The van der Waals surface area contributed by atoms with Gasteiger partial charge >= 0.3 is 0 Å². The fourth-order valence-electron chi connectivity index (χ4n) is 4.28. The Morgan fingerprint density at radius 2 is 1.73 bits per heavy atom. The highest BCUT2D eigenvalue weighted by Crippen LogP contribution is 2.28. The summed E-state index contributed by atoms with van der Waals surface area (Å²) < 4.78 is 4.26. The molecular weight excluding hydrogens is 326 g/mol. The van der Waals surface area contributed by atoms with Crippen LogP contribution in [-0.4, -0.2) is 60.5 Å². The Bertz CT molecular complexity index is 705. The van der Waals surface area contributed by atoms with Crippen molar-refractivity contribution in [1.82, 2.24) is 34.3 Å². The number of hydrogen-bond acceptors (Lipinski definition) is 5. The third-order valence-corrected chi connectivity index (χ3v) is 5.93. The molecule has 0 spiro atoms. The molecule has 7 heteroatoms. The minimum Gasteiger partial charge on any atom is -0.317 e. The van der Waals surface area contributed by atoms with E-state index in [1.54, 1.807) is 0 Å². The van der Waals surface area contributed by atoms with Crippen LogP contribution in [0.2, 0.25) is 0 Å². The molecule has 2 aliphatic heterocycles. The van der Waals surface area contributed by atoms with Gasteiger partial charge in [-0.3, -0.25) is 14.5 Å². The lowest BCUT2D eigenvalue weighted by atomic mass is 9.95. The monoisotopic (exact) mass is 357 g/mol. The molecule has 0 aromatic carbocycles. The zero-order valence-corrected chi connectivity index (χ0v) is 16.1. The zero-order chi connectivity index (χ0) is 17.9. The predicted octanol–water partition coefficient (Wildman–Crippen LogP) is 2.01. The molecule has 0 amide bonds. The average molecular weight is 358 g/mol. The van der Waals surface area contributed by atoms with Crippen molar-refractivity contribution in [3.05, 3.63) is 29.6 Å². The van der Waals surface area contributed by atoms with Gasteiger partial charge in [-0.1, -0.05) is 0 Å². The molecule has 2 fully saturated rings. The topological polar surface area (TPSA) is 55.0 Å². The van der Waals surface area contributed by atoms with E-state index < -0.39 is 0 Å². The van der Waals surface area contributed by atoms with Crippen LogP contribution in [0.4, 0.5) is 0 Å². The molecule has 2 aromatic heterocycles. The Balaban J connectivity index is 1.32. The quantitative estimate of drug-likeness (QED) is 0.792. The third kappa shape index (κ3) is 3.83. The van der Waals surface area contributed by atoms with Gasteiger partial charge in [-0.05, 0) is 58.8 Å². The average Bonchev–Trinajstić information content (AvgIpc) is 3.39. The van der Waals surface area contributed by atoms with Crippen molar-refractivity contribution in [2.24, 2.45) is 7.05 Å². The fraction of sp³-hybridized carbons (Fsp3) is 0.737.